The Morgan fingerprint density at radius 1 is 0.478 bits per heavy atom. The van der Waals surface area contributed by atoms with Crippen molar-refractivity contribution in [3.63, 3.8) is 0 Å². The van der Waals surface area contributed by atoms with Crippen LogP contribution in [-0.4, -0.2) is 0 Å². The lowest BCUT2D eigenvalue weighted by Gasteiger charge is -2.27. The van der Waals surface area contributed by atoms with Crippen molar-refractivity contribution in [2.45, 2.75) is 0 Å². The zero-order valence-corrected chi connectivity index (χ0v) is 24.8. The van der Waals surface area contributed by atoms with Gasteiger partial charge in [0.05, 0.1) is 16.6 Å². The van der Waals surface area contributed by atoms with Crippen LogP contribution in [0.1, 0.15) is 5.48 Å². The molecule has 2 nitrogen and oxygen atoms in total. The number of furan rings is 1. The Labute approximate surface area is 273 Å². The first-order chi connectivity index (χ1) is 24.5. The summed E-state index contributed by atoms with van der Waals surface area (Å²) in [5, 5.41) is 6.16. The minimum atomic E-state index is -0.233. The maximum absolute atomic E-state index is 9.60. The minimum Gasteiger partial charge on any atom is -0.455 e. The number of benzene rings is 8. The van der Waals surface area contributed by atoms with Crippen LogP contribution in [-0.2, 0) is 0 Å². The Bertz CT molecular complexity index is 2750. The predicted octanol–water partition coefficient (Wildman–Crippen LogP) is 12.7. The van der Waals surface area contributed by atoms with Gasteiger partial charge in [-0.3, -0.25) is 0 Å². The molecule has 0 aliphatic heterocycles. The van der Waals surface area contributed by atoms with Gasteiger partial charge in [0.1, 0.15) is 11.2 Å². The molecule has 0 saturated heterocycles. The molecule has 9 aromatic rings. The summed E-state index contributed by atoms with van der Waals surface area (Å²) in [4.78, 5) is 1.89. The number of anilines is 3. The van der Waals surface area contributed by atoms with E-state index in [-0.39, 0.29) is 29.9 Å². The zero-order chi connectivity index (χ0) is 33.9. The van der Waals surface area contributed by atoms with E-state index in [4.69, 9.17) is 7.16 Å². The molecule has 2 heteroatoms. The molecule has 1 heterocycles. The molecule has 0 amide bonds. The number of hydrogen-bond donors (Lipinski definition) is 0. The van der Waals surface area contributed by atoms with Crippen molar-refractivity contribution in [1.29, 1.82) is 0 Å². The van der Waals surface area contributed by atoms with Crippen LogP contribution in [0.3, 0.4) is 0 Å². The summed E-state index contributed by atoms with van der Waals surface area (Å²) < 4.78 is 43.2. The zero-order valence-electron chi connectivity index (χ0n) is 28.8. The van der Waals surface area contributed by atoms with E-state index in [1.807, 2.05) is 89.8 Å². The highest BCUT2D eigenvalue weighted by atomic mass is 16.3. The van der Waals surface area contributed by atoms with E-state index in [1.54, 1.807) is 0 Å². The molecule has 0 fully saturated rings. The van der Waals surface area contributed by atoms with Gasteiger partial charge in [-0.2, -0.15) is 0 Å². The van der Waals surface area contributed by atoms with E-state index in [1.165, 1.54) is 5.39 Å². The third-order valence-corrected chi connectivity index (χ3v) is 8.71. The van der Waals surface area contributed by atoms with E-state index >= 15 is 0 Å². The van der Waals surface area contributed by atoms with Crippen LogP contribution >= 0.6 is 0 Å². The van der Waals surface area contributed by atoms with Gasteiger partial charge in [-0.05, 0) is 86.9 Å². The Balaban J connectivity index is 1.32. The van der Waals surface area contributed by atoms with Gasteiger partial charge in [-0.1, -0.05) is 127 Å². The van der Waals surface area contributed by atoms with E-state index in [0.29, 0.717) is 22.4 Å². The standard InChI is InChI=1S/C44H29NO/c1-2-10-30(11-3-1)35-15-8-16-38(29-35)45(37-25-22-32(23-26-37)36-21-20-31-12-4-5-14-34(31)28-36)41-18-9-19-42-43(41)40-27-24-33-13-6-7-17-39(33)44(40)46-42/h1-29H/i8D,15D,16D,29D. The number of nitrogens with zero attached hydrogens (tertiary/aromatic N) is 1. The summed E-state index contributed by atoms with van der Waals surface area (Å²) in [5.41, 5.74) is 6.18. The Hall–Kier alpha value is -6.12. The van der Waals surface area contributed by atoms with Crippen molar-refractivity contribution in [2.24, 2.45) is 0 Å². The maximum atomic E-state index is 9.60. The molecule has 0 saturated carbocycles. The Morgan fingerprint density at radius 3 is 2.07 bits per heavy atom. The van der Waals surface area contributed by atoms with Gasteiger partial charge in [-0.15, -0.1) is 0 Å². The molecule has 8 aromatic carbocycles. The van der Waals surface area contributed by atoms with Crippen LogP contribution in [0, 0.1) is 0 Å². The van der Waals surface area contributed by atoms with Crippen LogP contribution in [0.5, 0.6) is 0 Å². The maximum Gasteiger partial charge on any atom is 0.143 e. The second kappa shape index (κ2) is 10.8. The first-order valence-electron chi connectivity index (χ1n) is 17.4. The fourth-order valence-electron chi connectivity index (χ4n) is 6.48. The van der Waals surface area contributed by atoms with Gasteiger partial charge in [-0.25, -0.2) is 0 Å². The smallest absolute Gasteiger partial charge is 0.143 e. The molecule has 0 unspecified atom stereocenters. The number of fused-ring (bicyclic) bond motifs is 6. The molecular weight excluding hydrogens is 558 g/mol. The third kappa shape index (κ3) is 4.43. The summed E-state index contributed by atoms with van der Waals surface area (Å²) >= 11 is 0. The van der Waals surface area contributed by atoms with E-state index < -0.39 is 0 Å². The highest BCUT2D eigenvalue weighted by molar-refractivity contribution is 6.19. The minimum absolute atomic E-state index is 0.0102. The Morgan fingerprint density at radius 2 is 1.20 bits per heavy atom. The van der Waals surface area contributed by atoms with Gasteiger partial charge in [0.15, 0.2) is 0 Å². The summed E-state index contributed by atoms with van der Waals surface area (Å²) in [7, 11) is 0. The topological polar surface area (TPSA) is 16.4 Å². The molecular formula is C44H29NO. The average Bonchev–Trinajstić information content (AvgIpc) is 3.56. The van der Waals surface area contributed by atoms with Gasteiger partial charge < -0.3 is 9.32 Å². The molecule has 0 aliphatic carbocycles. The summed E-state index contributed by atoms with van der Waals surface area (Å²) in [6.07, 6.45) is 0. The molecule has 0 aliphatic rings. The normalized spacial score (nSPS) is 12.7. The predicted molar refractivity (Wildman–Crippen MR) is 194 cm³/mol. The number of rotatable bonds is 5. The van der Waals surface area contributed by atoms with E-state index in [0.717, 1.165) is 49.3 Å². The first kappa shape index (κ1) is 22.4. The lowest BCUT2D eigenvalue weighted by atomic mass is 10.00. The molecule has 216 valence electrons. The summed E-state index contributed by atoms with van der Waals surface area (Å²) in [5.74, 6) is 0. The molecule has 0 spiro atoms. The Kier molecular flexibility index (Phi) is 5.26. The van der Waals surface area contributed by atoms with Crippen molar-refractivity contribution in [3.05, 3.63) is 176 Å². The largest absolute Gasteiger partial charge is 0.455 e. The SMILES string of the molecule is [2H]c1c([2H])c(-c2ccccc2)c([2H])c(N(c2ccc(-c3ccc4ccccc4c3)cc2)c2cccc3oc4c5ccccc5ccc4c23)c1[2H]. The van der Waals surface area contributed by atoms with E-state index in [9.17, 15) is 2.74 Å². The van der Waals surface area contributed by atoms with E-state index in [2.05, 4.69) is 66.7 Å². The molecule has 0 bridgehead atoms. The van der Waals surface area contributed by atoms with Gasteiger partial charge >= 0.3 is 0 Å². The molecule has 0 N–H and O–H groups in total. The molecule has 1 aromatic heterocycles. The quantitative estimate of drug-likeness (QED) is 0.198. The lowest BCUT2D eigenvalue weighted by Crippen LogP contribution is -2.10. The van der Waals surface area contributed by atoms with Crippen molar-refractivity contribution < 1.29 is 9.90 Å². The lowest BCUT2D eigenvalue weighted by molar-refractivity contribution is 0.672. The van der Waals surface area contributed by atoms with Crippen molar-refractivity contribution in [1.82, 2.24) is 0 Å². The van der Waals surface area contributed by atoms with Gasteiger partial charge in [0.25, 0.3) is 0 Å². The van der Waals surface area contributed by atoms with Gasteiger partial charge in [0, 0.05) is 22.1 Å². The fourth-order valence-corrected chi connectivity index (χ4v) is 6.48. The highest BCUT2D eigenvalue weighted by Gasteiger charge is 2.20. The van der Waals surface area contributed by atoms with Crippen molar-refractivity contribution in [2.75, 3.05) is 4.90 Å². The van der Waals surface area contributed by atoms with Crippen LogP contribution < -0.4 is 4.90 Å². The summed E-state index contributed by atoms with van der Waals surface area (Å²) in [6.45, 7) is 0. The highest BCUT2D eigenvalue weighted by Crippen LogP contribution is 2.45. The second-order valence-electron chi connectivity index (χ2n) is 11.4. The van der Waals surface area contributed by atoms with Crippen molar-refractivity contribution >= 4 is 60.5 Å². The van der Waals surface area contributed by atoms with Gasteiger partial charge in [0.2, 0.25) is 0 Å². The number of hydrogen-bond acceptors (Lipinski definition) is 2. The molecule has 0 radical (unpaired) electrons. The summed E-state index contributed by atoms with van der Waals surface area (Å²) in [6, 6.07) is 49.7. The molecule has 46 heavy (non-hydrogen) atoms. The van der Waals surface area contributed by atoms with Crippen LogP contribution in [0.15, 0.2) is 180 Å². The molecule has 0 atom stereocenters. The van der Waals surface area contributed by atoms with Crippen LogP contribution in [0.2, 0.25) is 0 Å². The average molecular weight is 592 g/mol. The fraction of sp³-hybridized carbons (Fsp3) is 0. The van der Waals surface area contributed by atoms with Crippen molar-refractivity contribution in [3.8, 4) is 22.3 Å². The van der Waals surface area contributed by atoms with Crippen LogP contribution in [0.25, 0.3) is 65.7 Å². The third-order valence-electron chi connectivity index (χ3n) is 8.71. The molecule has 9 rings (SSSR count). The first-order valence-corrected chi connectivity index (χ1v) is 15.4. The second-order valence-corrected chi connectivity index (χ2v) is 11.4. The van der Waals surface area contributed by atoms with Crippen LogP contribution in [0.4, 0.5) is 17.1 Å². The monoisotopic (exact) mass is 591 g/mol.